The maximum atomic E-state index is 5.40. The highest BCUT2D eigenvalue weighted by atomic mass is 32.1. The van der Waals surface area contributed by atoms with Crippen LogP contribution in [-0.2, 0) is 0 Å². The van der Waals surface area contributed by atoms with Gasteiger partial charge >= 0.3 is 0 Å². The first kappa shape index (κ1) is 17.2. The molecular weight excluding hydrogens is 324 g/mol. The molecule has 126 valence electrons. The third kappa shape index (κ3) is 5.16. The summed E-state index contributed by atoms with van der Waals surface area (Å²) in [6.07, 6.45) is 0.977. The first-order valence-corrected chi connectivity index (χ1v) is 8.93. The minimum Gasteiger partial charge on any atom is -0.362 e. The Kier molecular flexibility index (Phi) is 6.18. The van der Waals surface area contributed by atoms with Crippen LogP contribution < -0.4 is 10.6 Å². The van der Waals surface area contributed by atoms with Gasteiger partial charge in [0.25, 0.3) is 0 Å². The van der Waals surface area contributed by atoms with Crippen LogP contribution in [0.2, 0.25) is 0 Å². The number of nitrogens with one attached hydrogen (secondary N) is 2. The van der Waals surface area contributed by atoms with E-state index in [1.165, 1.54) is 11.1 Å². The molecule has 0 aliphatic heterocycles. The molecule has 2 nitrogen and oxygen atoms in total. The summed E-state index contributed by atoms with van der Waals surface area (Å²) in [5, 5.41) is 7.20. The summed E-state index contributed by atoms with van der Waals surface area (Å²) in [5.41, 5.74) is 3.66. The van der Waals surface area contributed by atoms with Crippen LogP contribution in [0.25, 0.3) is 0 Å². The molecule has 3 aromatic rings. The third-order valence-electron chi connectivity index (χ3n) is 4.15. The van der Waals surface area contributed by atoms with Crippen molar-refractivity contribution in [3.05, 3.63) is 102 Å². The summed E-state index contributed by atoms with van der Waals surface area (Å²) in [6, 6.07) is 31.3. The Balaban J connectivity index is 1.61. The first-order valence-electron chi connectivity index (χ1n) is 8.53. The van der Waals surface area contributed by atoms with Gasteiger partial charge in [0, 0.05) is 18.2 Å². The molecule has 3 heteroatoms. The van der Waals surface area contributed by atoms with E-state index in [2.05, 4.69) is 71.3 Å². The molecule has 0 aliphatic carbocycles. The van der Waals surface area contributed by atoms with Gasteiger partial charge in [0.1, 0.15) is 0 Å². The molecule has 3 aromatic carbocycles. The Hall–Kier alpha value is -2.65. The molecular formula is C22H22N2S. The Labute approximate surface area is 154 Å². The van der Waals surface area contributed by atoms with Crippen LogP contribution in [-0.4, -0.2) is 11.7 Å². The Morgan fingerprint density at radius 1 is 0.720 bits per heavy atom. The van der Waals surface area contributed by atoms with Gasteiger partial charge in [0.15, 0.2) is 5.11 Å². The van der Waals surface area contributed by atoms with Gasteiger partial charge in [-0.2, -0.15) is 0 Å². The number of benzene rings is 3. The number of thiocarbonyl (C=S) groups is 1. The molecule has 0 fully saturated rings. The summed E-state index contributed by atoms with van der Waals surface area (Å²) >= 11 is 5.40. The van der Waals surface area contributed by atoms with Crippen molar-refractivity contribution in [2.24, 2.45) is 0 Å². The lowest BCUT2D eigenvalue weighted by molar-refractivity contribution is 0.694. The molecule has 0 aliphatic rings. The zero-order valence-electron chi connectivity index (χ0n) is 14.1. The molecule has 0 aromatic heterocycles. The topological polar surface area (TPSA) is 24.1 Å². The van der Waals surface area contributed by atoms with E-state index in [1.54, 1.807) is 0 Å². The minimum atomic E-state index is 0.356. The quantitative estimate of drug-likeness (QED) is 0.600. The second kappa shape index (κ2) is 9.00. The van der Waals surface area contributed by atoms with Gasteiger partial charge in [-0.15, -0.1) is 0 Å². The molecule has 0 atom stereocenters. The molecule has 0 heterocycles. The average Bonchev–Trinajstić information content (AvgIpc) is 2.67. The van der Waals surface area contributed by atoms with Crippen LogP contribution in [0, 0.1) is 0 Å². The van der Waals surface area contributed by atoms with E-state index in [0.717, 1.165) is 18.7 Å². The van der Waals surface area contributed by atoms with E-state index in [1.807, 2.05) is 30.3 Å². The second-order valence-electron chi connectivity index (χ2n) is 5.91. The number of anilines is 1. The lowest BCUT2D eigenvalue weighted by Crippen LogP contribution is -2.30. The van der Waals surface area contributed by atoms with Crippen LogP contribution in [0.3, 0.4) is 0 Å². The van der Waals surface area contributed by atoms with Gasteiger partial charge in [-0.3, -0.25) is 0 Å². The fraction of sp³-hybridized carbons (Fsp3) is 0.136. The van der Waals surface area contributed by atoms with Crippen molar-refractivity contribution in [2.75, 3.05) is 11.9 Å². The van der Waals surface area contributed by atoms with Crippen LogP contribution in [0.5, 0.6) is 0 Å². The Morgan fingerprint density at radius 2 is 1.20 bits per heavy atom. The maximum absolute atomic E-state index is 5.40. The van der Waals surface area contributed by atoms with Crippen molar-refractivity contribution in [2.45, 2.75) is 12.3 Å². The fourth-order valence-corrected chi connectivity index (χ4v) is 3.14. The number of hydrogen-bond donors (Lipinski definition) is 2. The smallest absolute Gasteiger partial charge is 0.170 e. The van der Waals surface area contributed by atoms with Crippen molar-refractivity contribution >= 4 is 23.0 Å². The van der Waals surface area contributed by atoms with E-state index in [-0.39, 0.29) is 0 Å². The lowest BCUT2D eigenvalue weighted by atomic mass is 9.88. The maximum Gasteiger partial charge on any atom is 0.170 e. The van der Waals surface area contributed by atoms with E-state index < -0.39 is 0 Å². The van der Waals surface area contributed by atoms with Gasteiger partial charge in [-0.1, -0.05) is 78.9 Å². The molecule has 0 saturated carbocycles. The molecule has 2 N–H and O–H groups in total. The summed E-state index contributed by atoms with van der Waals surface area (Å²) < 4.78 is 0. The van der Waals surface area contributed by atoms with Crippen molar-refractivity contribution in [1.29, 1.82) is 0 Å². The average molecular weight is 346 g/mol. The predicted molar refractivity (Wildman–Crippen MR) is 110 cm³/mol. The molecule has 0 spiro atoms. The van der Waals surface area contributed by atoms with Crippen LogP contribution >= 0.6 is 12.2 Å². The zero-order chi connectivity index (χ0) is 17.3. The van der Waals surface area contributed by atoms with Crippen molar-refractivity contribution in [3.8, 4) is 0 Å². The van der Waals surface area contributed by atoms with Crippen molar-refractivity contribution < 1.29 is 0 Å². The van der Waals surface area contributed by atoms with E-state index >= 15 is 0 Å². The number of hydrogen-bond acceptors (Lipinski definition) is 1. The van der Waals surface area contributed by atoms with Crippen LogP contribution in [0.4, 0.5) is 5.69 Å². The van der Waals surface area contributed by atoms with Crippen molar-refractivity contribution in [1.82, 2.24) is 5.32 Å². The van der Waals surface area contributed by atoms with Gasteiger partial charge in [0.2, 0.25) is 0 Å². The molecule has 3 rings (SSSR count). The van der Waals surface area contributed by atoms with E-state index in [0.29, 0.717) is 11.0 Å². The largest absolute Gasteiger partial charge is 0.362 e. The second-order valence-corrected chi connectivity index (χ2v) is 6.32. The normalized spacial score (nSPS) is 10.4. The monoisotopic (exact) mass is 346 g/mol. The SMILES string of the molecule is S=C(NCCC(c1ccccc1)c1ccccc1)Nc1ccccc1. The number of para-hydroxylation sites is 1. The van der Waals surface area contributed by atoms with Gasteiger partial charge < -0.3 is 10.6 Å². The molecule has 0 bridgehead atoms. The summed E-state index contributed by atoms with van der Waals surface area (Å²) in [5.74, 6) is 0.356. The van der Waals surface area contributed by atoms with Crippen molar-refractivity contribution in [3.63, 3.8) is 0 Å². The summed E-state index contributed by atoms with van der Waals surface area (Å²) in [4.78, 5) is 0. The van der Waals surface area contributed by atoms with E-state index in [4.69, 9.17) is 12.2 Å². The lowest BCUT2D eigenvalue weighted by Gasteiger charge is -2.19. The third-order valence-corrected chi connectivity index (χ3v) is 4.40. The van der Waals surface area contributed by atoms with Crippen LogP contribution in [0.1, 0.15) is 23.5 Å². The molecule has 0 unspecified atom stereocenters. The highest BCUT2D eigenvalue weighted by Crippen LogP contribution is 2.27. The predicted octanol–water partition coefficient (Wildman–Crippen LogP) is 5.20. The Bertz CT molecular complexity index is 733. The zero-order valence-corrected chi connectivity index (χ0v) is 14.9. The molecule has 0 amide bonds. The fourth-order valence-electron chi connectivity index (χ4n) is 2.92. The standard InChI is InChI=1S/C22H22N2S/c25-22(24-20-14-8-3-9-15-20)23-17-16-21(18-10-4-1-5-11-18)19-12-6-2-7-13-19/h1-15,21H,16-17H2,(H2,23,24,25). The summed E-state index contributed by atoms with van der Waals surface area (Å²) in [6.45, 7) is 0.813. The highest BCUT2D eigenvalue weighted by molar-refractivity contribution is 7.80. The molecule has 0 radical (unpaired) electrons. The van der Waals surface area contributed by atoms with E-state index in [9.17, 15) is 0 Å². The minimum absolute atomic E-state index is 0.356. The molecule has 0 saturated heterocycles. The summed E-state index contributed by atoms with van der Waals surface area (Å²) in [7, 11) is 0. The number of rotatable bonds is 6. The first-order chi connectivity index (χ1) is 12.3. The van der Waals surface area contributed by atoms with Gasteiger partial charge in [-0.05, 0) is 41.9 Å². The van der Waals surface area contributed by atoms with Gasteiger partial charge in [-0.25, -0.2) is 0 Å². The Morgan fingerprint density at radius 3 is 1.72 bits per heavy atom. The van der Waals surface area contributed by atoms with Gasteiger partial charge in [0.05, 0.1) is 0 Å². The highest BCUT2D eigenvalue weighted by Gasteiger charge is 2.13. The molecule has 25 heavy (non-hydrogen) atoms. The van der Waals surface area contributed by atoms with Crippen LogP contribution in [0.15, 0.2) is 91.0 Å².